The summed E-state index contributed by atoms with van der Waals surface area (Å²) >= 11 is 1.50. The molecule has 2 aliphatic rings. The molecular formula is C86H98F2N7O9S+. The van der Waals surface area contributed by atoms with Crippen LogP contribution >= 0.6 is 11.8 Å². The molecule has 550 valence electrons. The van der Waals surface area contributed by atoms with Gasteiger partial charge < -0.3 is 48.6 Å². The number of hydrogen-bond donors (Lipinski definition) is 4. The maximum atomic E-state index is 13.1. The first kappa shape index (κ1) is 77.7. The van der Waals surface area contributed by atoms with Gasteiger partial charge in [-0.25, -0.2) is 23.3 Å². The van der Waals surface area contributed by atoms with E-state index in [1.165, 1.54) is 58.7 Å². The SMILES string of the molecule is CCCCn1c(CCC(C)=O)ccc1-c1ccc(F)cc1.CCCc1[nH]c2ccccc2[n+]1C[C@@H](O)CO[C@H]1CCCc2ccccc21.O=C(CCC1CCN(C(=O)CCOc2ccccc2)CC1)NCc1ccc(F)cc1.O=C(O)Cn1c(SCCOc2cccc3ccccc23)nc2ccccc21. The van der Waals surface area contributed by atoms with Gasteiger partial charge in [-0.2, -0.15) is 0 Å². The Morgan fingerprint density at radius 1 is 0.714 bits per heavy atom. The molecule has 1 saturated heterocycles. The molecule has 1 aliphatic heterocycles. The second kappa shape index (κ2) is 40.4. The third kappa shape index (κ3) is 23.3. The van der Waals surface area contributed by atoms with Crippen molar-refractivity contribution in [3.05, 3.63) is 246 Å². The maximum Gasteiger partial charge on any atom is 0.323 e. The minimum absolute atomic E-state index is 0.0101. The van der Waals surface area contributed by atoms with Crippen molar-refractivity contribution >= 4 is 68.2 Å². The van der Waals surface area contributed by atoms with Crippen LogP contribution in [0, 0.1) is 17.6 Å². The molecule has 0 spiro atoms. The number of aromatic amines is 1. The van der Waals surface area contributed by atoms with E-state index >= 15 is 0 Å². The van der Waals surface area contributed by atoms with E-state index in [0.717, 1.165) is 151 Å². The van der Waals surface area contributed by atoms with Gasteiger partial charge in [0.05, 0.1) is 43.4 Å². The van der Waals surface area contributed by atoms with Crippen LogP contribution in [-0.4, -0.2) is 103 Å². The zero-order chi connectivity index (χ0) is 73.7. The minimum atomic E-state index is -0.882. The predicted molar refractivity (Wildman–Crippen MR) is 411 cm³/mol. The summed E-state index contributed by atoms with van der Waals surface area (Å²) in [6.07, 6.45) is 12.0. The van der Waals surface area contributed by atoms with Gasteiger partial charge in [-0.15, -0.1) is 0 Å². The van der Waals surface area contributed by atoms with Crippen LogP contribution < -0.4 is 19.4 Å². The molecule has 2 atom stereocenters. The Kier molecular flexibility index (Phi) is 29.8. The molecule has 19 heteroatoms. The van der Waals surface area contributed by atoms with Crippen LogP contribution in [0.3, 0.4) is 0 Å². The summed E-state index contributed by atoms with van der Waals surface area (Å²) in [6.45, 7) is 10.5. The molecule has 0 bridgehead atoms. The Hall–Kier alpha value is -9.95. The van der Waals surface area contributed by atoms with E-state index < -0.39 is 12.1 Å². The van der Waals surface area contributed by atoms with Crippen LogP contribution in [0.2, 0.25) is 0 Å². The molecule has 105 heavy (non-hydrogen) atoms. The molecule has 1 fully saturated rings. The monoisotopic (exact) mass is 1440 g/mol. The van der Waals surface area contributed by atoms with Crippen LogP contribution in [0.5, 0.6) is 11.5 Å². The molecule has 0 radical (unpaired) electrons. The normalized spacial score (nSPS) is 13.7. The average molecular weight is 1440 g/mol. The number of aromatic nitrogens is 5. The van der Waals surface area contributed by atoms with Crippen molar-refractivity contribution in [3.63, 3.8) is 0 Å². The van der Waals surface area contributed by atoms with Crippen molar-refractivity contribution in [2.24, 2.45) is 5.92 Å². The lowest BCUT2D eigenvalue weighted by molar-refractivity contribution is -0.686. The summed E-state index contributed by atoms with van der Waals surface area (Å²) in [7, 11) is 0. The Labute approximate surface area is 618 Å². The first-order chi connectivity index (χ1) is 51.2. The number of unbranched alkanes of at least 4 members (excludes halogenated alkanes) is 1. The van der Waals surface area contributed by atoms with E-state index in [4.69, 9.17) is 14.2 Å². The number of carboxylic acid groups (broad SMARTS) is 1. The van der Waals surface area contributed by atoms with E-state index in [1.54, 1.807) is 23.6 Å². The van der Waals surface area contributed by atoms with Crippen molar-refractivity contribution < 1.29 is 56.9 Å². The smallest absolute Gasteiger partial charge is 0.323 e. The van der Waals surface area contributed by atoms with Gasteiger partial charge in [0.2, 0.25) is 11.8 Å². The number of halogens is 2. The van der Waals surface area contributed by atoms with Crippen molar-refractivity contribution in [2.75, 3.05) is 38.7 Å². The summed E-state index contributed by atoms with van der Waals surface area (Å²) < 4.78 is 49.9. The Morgan fingerprint density at radius 3 is 2.20 bits per heavy atom. The third-order valence-electron chi connectivity index (χ3n) is 18.9. The molecule has 2 amide bonds. The fourth-order valence-corrected chi connectivity index (χ4v) is 14.2. The van der Waals surface area contributed by atoms with Gasteiger partial charge in [-0.1, -0.05) is 147 Å². The van der Waals surface area contributed by atoms with Gasteiger partial charge in [0, 0.05) is 68.0 Å². The van der Waals surface area contributed by atoms with E-state index in [0.29, 0.717) is 69.0 Å². The number of H-pyrrole nitrogens is 1. The number of aliphatic hydroxyl groups excluding tert-OH is 1. The summed E-state index contributed by atoms with van der Waals surface area (Å²) in [5.41, 5.74) is 10.8. The van der Waals surface area contributed by atoms with Gasteiger partial charge in [0.25, 0.3) is 5.82 Å². The number of aliphatic hydroxyl groups is 1. The van der Waals surface area contributed by atoms with Crippen molar-refractivity contribution in [3.8, 4) is 22.8 Å². The summed E-state index contributed by atoms with van der Waals surface area (Å²) in [4.78, 5) is 56.8. The quantitative estimate of drug-likeness (QED) is 0.0190. The predicted octanol–water partition coefficient (Wildman–Crippen LogP) is 16.9. The number of benzene rings is 8. The van der Waals surface area contributed by atoms with Crippen LogP contribution in [0.15, 0.2) is 211 Å². The molecule has 13 rings (SSSR count). The number of piperidine rings is 1. The lowest BCUT2D eigenvalue weighted by atomic mass is 9.89. The number of rotatable bonds is 30. The summed E-state index contributed by atoms with van der Waals surface area (Å²) in [5, 5.41) is 25.7. The first-order valence-corrected chi connectivity index (χ1v) is 37.9. The Balaban J connectivity index is 0.000000151. The molecule has 16 nitrogen and oxygen atoms in total. The van der Waals surface area contributed by atoms with Crippen LogP contribution in [0.4, 0.5) is 8.78 Å². The van der Waals surface area contributed by atoms with Gasteiger partial charge in [0.15, 0.2) is 16.2 Å². The van der Waals surface area contributed by atoms with Gasteiger partial charge in [-0.05, 0) is 189 Å². The maximum absolute atomic E-state index is 13.1. The van der Waals surface area contributed by atoms with E-state index in [1.807, 2.05) is 114 Å². The number of ketones is 1. The zero-order valence-electron chi connectivity index (χ0n) is 60.5. The number of carbonyl (C=O) groups is 4. The second-order valence-corrected chi connectivity index (χ2v) is 27.7. The fraction of sp³-hybridized carbons (Fsp3) is 0.349. The number of para-hydroxylation sites is 5. The number of thioether (sulfide) groups is 1. The standard InChI is InChI=1S/C24H29FN2O3.C23H28N2O2.C21H18N2O3S.C18H22FNO/c25-21-9-6-20(7-10-21)18-26-23(28)11-8-19-12-15-27(16-13-19)24(29)14-17-30-22-4-2-1-3-5-22;1-2-8-23-24-20-12-5-6-13-21(20)25(23)15-18(26)16-27-22-14-7-10-17-9-3-4-11-19(17)22;24-20(25)14-23-18-10-4-3-9-17(18)22-21(23)27-13-12-26-19-11-5-7-15-6-1-2-8-16(15)19;1-3-4-13-20-17(10-5-14(2)21)11-12-18(20)15-6-8-16(19)9-7-15/h1-7,9-10,19H,8,11-18H2,(H,26,28);3-6,9,11-13,18,22,26H,2,7-8,10,14-16H2,1H3;1-11H,12-14H2,(H,24,25);6-9,11-12H,3-5,10,13H2,1-2H3/p+1/t;18-,22+;;/m.1../s1. The zero-order valence-corrected chi connectivity index (χ0v) is 61.3. The minimum Gasteiger partial charge on any atom is -0.493 e. The Morgan fingerprint density at radius 2 is 1.43 bits per heavy atom. The van der Waals surface area contributed by atoms with E-state index in [2.05, 4.69) is 98.9 Å². The van der Waals surface area contributed by atoms with Crippen LogP contribution in [0.1, 0.15) is 126 Å². The van der Waals surface area contributed by atoms with Gasteiger partial charge >= 0.3 is 5.97 Å². The van der Waals surface area contributed by atoms with E-state index in [-0.39, 0.29) is 41.9 Å². The number of amides is 2. The second-order valence-electron chi connectivity index (χ2n) is 26.7. The number of fused-ring (bicyclic) bond motifs is 4. The molecule has 3 aromatic heterocycles. The highest BCUT2D eigenvalue weighted by Crippen LogP contribution is 2.33. The largest absolute Gasteiger partial charge is 0.493 e. The molecule has 8 aromatic carbocycles. The summed E-state index contributed by atoms with van der Waals surface area (Å²) in [5.74, 6) is 2.90. The Bertz CT molecular complexity index is 4550. The number of ether oxygens (including phenoxy) is 3. The number of carbonyl (C=O) groups excluding carboxylic acids is 3. The highest BCUT2D eigenvalue weighted by molar-refractivity contribution is 7.99. The van der Waals surface area contributed by atoms with Crippen molar-refractivity contribution in [2.45, 2.75) is 154 Å². The number of Topliss-reactive ketones (excluding diaryl/α,β-unsaturated/α-hetero) is 1. The lowest BCUT2D eigenvalue weighted by Gasteiger charge is -2.32. The molecule has 1 aliphatic carbocycles. The third-order valence-corrected chi connectivity index (χ3v) is 19.8. The molecule has 0 saturated carbocycles. The average Bonchev–Trinajstić information content (AvgIpc) is 1.66. The van der Waals surface area contributed by atoms with E-state index in [9.17, 15) is 38.2 Å². The topological polar surface area (TPSA) is 194 Å². The van der Waals surface area contributed by atoms with Crippen molar-refractivity contribution in [1.29, 1.82) is 0 Å². The van der Waals surface area contributed by atoms with Gasteiger partial charge in [0.1, 0.15) is 48.1 Å². The number of nitrogens with zero attached hydrogens (tertiary/aromatic N) is 5. The van der Waals surface area contributed by atoms with Crippen molar-refractivity contribution in [1.82, 2.24) is 29.3 Å². The van der Waals surface area contributed by atoms with Crippen LogP contribution in [0.25, 0.3) is 44.1 Å². The number of hydrogen-bond acceptors (Lipinski definition) is 10. The molecular weight excluding hydrogens is 1350 g/mol. The highest BCUT2D eigenvalue weighted by atomic mass is 32.2. The molecule has 11 aromatic rings. The highest BCUT2D eigenvalue weighted by Gasteiger charge is 2.26. The number of imidazole rings is 2. The number of aliphatic carboxylic acids is 1. The van der Waals surface area contributed by atoms with Gasteiger partial charge in [-0.3, -0.25) is 14.4 Å². The number of carboxylic acids is 1. The van der Waals surface area contributed by atoms with Crippen LogP contribution in [-0.2, 0) is 69.4 Å². The number of aryl methyl sites for hydroxylation is 3. The lowest BCUT2D eigenvalue weighted by Crippen LogP contribution is -2.44. The first-order valence-electron chi connectivity index (χ1n) is 36.9. The number of nitrogens with one attached hydrogen (secondary N) is 2. The molecule has 4 N–H and O–H groups in total. The number of likely N-dealkylation sites (tertiary alicyclic amines) is 1. The molecule has 0 unspecified atom stereocenters. The fourth-order valence-electron chi connectivity index (χ4n) is 13.4. The summed E-state index contributed by atoms with van der Waals surface area (Å²) in [6, 6.07) is 64.9. The molecule has 4 heterocycles.